The molecule has 2 aromatic carbocycles. The smallest absolute Gasteiger partial charge is 0.263 e. The lowest BCUT2D eigenvalue weighted by atomic mass is 9.62. The Kier molecular flexibility index (Phi) is 11.9. The molecule has 0 spiro atoms. The topological polar surface area (TPSA) is 84.0 Å². The fraction of sp³-hybridized carbons (Fsp3) is 0.512. The average Bonchev–Trinajstić information content (AvgIpc) is 3.27. The molecule has 6 rings (SSSR count). The van der Waals surface area contributed by atoms with Crippen molar-refractivity contribution in [2.75, 3.05) is 45.8 Å². The number of aromatic nitrogens is 1. The minimum Gasteiger partial charge on any atom is -0.491 e. The molecule has 0 radical (unpaired) electrons. The molecule has 51 heavy (non-hydrogen) atoms. The van der Waals surface area contributed by atoms with Crippen molar-refractivity contribution < 1.29 is 18.5 Å². The number of rotatable bonds is 7. The van der Waals surface area contributed by atoms with Crippen LogP contribution < -0.4 is 14.4 Å². The van der Waals surface area contributed by atoms with Crippen LogP contribution in [0.3, 0.4) is 0 Å². The normalized spacial score (nSPS) is 28.9. The third kappa shape index (κ3) is 8.07. The summed E-state index contributed by atoms with van der Waals surface area (Å²) in [5.74, 6) is 1.04. The predicted octanol–water partition coefficient (Wildman–Crippen LogP) is 7.68. The van der Waals surface area contributed by atoms with Gasteiger partial charge in [-0.3, -0.25) is 14.5 Å². The second kappa shape index (κ2) is 16.2. The van der Waals surface area contributed by atoms with Crippen molar-refractivity contribution in [2.45, 2.75) is 76.2 Å². The Morgan fingerprint density at radius 2 is 1.94 bits per heavy atom. The summed E-state index contributed by atoms with van der Waals surface area (Å²) in [5, 5.41) is 0.482. The second-order valence-corrected chi connectivity index (χ2v) is 17.0. The third-order valence-corrected chi connectivity index (χ3v) is 13.0. The molecule has 6 unspecified atom stereocenters. The van der Waals surface area contributed by atoms with Gasteiger partial charge in [-0.2, -0.15) is 0 Å². The van der Waals surface area contributed by atoms with E-state index in [2.05, 4.69) is 72.8 Å². The summed E-state index contributed by atoms with van der Waals surface area (Å²) in [5.41, 5.74) is 5.36. The monoisotopic (exact) mass is 732 g/mol. The standard InChI is InChI=1S/C41H53ClN4O4S/c1-7-9-30-19-35(42)13-14-36(30)33-25-46-24-32-11-15-37(32)41(49-6,34-18-29(21-43-22-34)23-45(4)5)17-8-10-27(2)28(3)51(48)44-40(47)31-12-16-39(50-26-33)38(46)20-31/h8,12-14,16-22,27-28,32-33,37H,7,9-11,15,23-26H2,1-6H3,(H,44,47)/b17-8+/t27?,28?,32?,33?,37?,41-,51?/m1/s1. The molecule has 2 aliphatic heterocycles. The lowest BCUT2D eigenvalue weighted by Crippen LogP contribution is -2.49. The molecule has 274 valence electrons. The first-order chi connectivity index (χ1) is 24.5. The number of amides is 1. The molecule has 3 aliphatic rings. The lowest BCUT2D eigenvalue weighted by Gasteiger charge is -2.50. The third-order valence-electron chi connectivity index (χ3n) is 11.2. The fourth-order valence-electron chi connectivity index (χ4n) is 8.12. The number of ether oxygens (including phenoxy) is 2. The van der Waals surface area contributed by atoms with E-state index in [4.69, 9.17) is 26.1 Å². The second-order valence-electron chi connectivity index (χ2n) is 15.0. The van der Waals surface area contributed by atoms with Gasteiger partial charge in [0.25, 0.3) is 5.91 Å². The molecule has 8 nitrogen and oxygen atoms in total. The number of nitrogens with one attached hydrogen (secondary N) is 1. The Morgan fingerprint density at radius 1 is 1.12 bits per heavy atom. The molecule has 7 atom stereocenters. The highest BCUT2D eigenvalue weighted by Gasteiger charge is 2.49. The summed E-state index contributed by atoms with van der Waals surface area (Å²) < 4.78 is 29.5. The number of pyridine rings is 1. The van der Waals surface area contributed by atoms with E-state index < -0.39 is 16.6 Å². The highest BCUT2D eigenvalue weighted by Crippen LogP contribution is 2.51. The van der Waals surface area contributed by atoms with Gasteiger partial charge in [-0.15, -0.1) is 0 Å². The maximum absolute atomic E-state index is 13.6. The van der Waals surface area contributed by atoms with Crippen LogP contribution in [0.15, 0.2) is 67.0 Å². The number of hydrogen-bond donors (Lipinski definition) is 1. The Hall–Kier alpha value is -3.24. The molecular formula is C41H53ClN4O4S. The lowest BCUT2D eigenvalue weighted by molar-refractivity contribution is -0.0805. The van der Waals surface area contributed by atoms with Crippen molar-refractivity contribution in [3.8, 4) is 5.75 Å². The van der Waals surface area contributed by atoms with Gasteiger partial charge in [-0.05, 0) is 112 Å². The Balaban J connectivity index is 1.45. The van der Waals surface area contributed by atoms with Gasteiger partial charge >= 0.3 is 0 Å². The minimum absolute atomic E-state index is 0.0542. The van der Waals surface area contributed by atoms with Gasteiger partial charge in [0.1, 0.15) is 22.3 Å². The van der Waals surface area contributed by atoms with Crippen LogP contribution in [0.1, 0.15) is 85.0 Å². The first-order valence-corrected chi connectivity index (χ1v) is 20.0. The number of halogens is 1. The molecule has 1 aliphatic carbocycles. The highest BCUT2D eigenvalue weighted by atomic mass is 35.5. The van der Waals surface area contributed by atoms with Crippen LogP contribution in [0.25, 0.3) is 0 Å². The largest absolute Gasteiger partial charge is 0.491 e. The molecule has 0 saturated heterocycles. The molecule has 3 heterocycles. The molecule has 3 aromatic rings. The van der Waals surface area contributed by atoms with E-state index in [-0.39, 0.29) is 28.9 Å². The summed E-state index contributed by atoms with van der Waals surface area (Å²) >= 11 is 6.49. The molecule has 10 heteroatoms. The van der Waals surface area contributed by atoms with E-state index in [0.717, 1.165) is 72.9 Å². The van der Waals surface area contributed by atoms with Crippen molar-refractivity contribution in [1.29, 1.82) is 0 Å². The van der Waals surface area contributed by atoms with E-state index in [0.29, 0.717) is 24.5 Å². The molecular weight excluding hydrogens is 680 g/mol. The molecule has 1 amide bonds. The van der Waals surface area contributed by atoms with Crippen molar-refractivity contribution in [1.82, 2.24) is 14.6 Å². The Bertz CT molecular complexity index is 1770. The number of nitrogens with zero attached hydrogens (tertiary/aromatic N) is 3. The number of methoxy groups -OCH3 is 1. The van der Waals surface area contributed by atoms with Gasteiger partial charge in [0.05, 0.1) is 17.5 Å². The van der Waals surface area contributed by atoms with Gasteiger partial charge in [0.15, 0.2) is 0 Å². The maximum Gasteiger partial charge on any atom is 0.263 e. The van der Waals surface area contributed by atoms with Gasteiger partial charge in [-0.1, -0.05) is 50.1 Å². The zero-order chi connectivity index (χ0) is 36.3. The molecule has 1 N–H and O–H groups in total. The maximum atomic E-state index is 13.6. The summed E-state index contributed by atoms with van der Waals surface area (Å²) in [7, 11) is 4.38. The average molecular weight is 733 g/mol. The number of aryl methyl sites for hydroxylation is 1. The minimum atomic E-state index is -1.57. The molecule has 2 bridgehead atoms. The first-order valence-electron chi connectivity index (χ1n) is 18.4. The van der Waals surface area contributed by atoms with Crippen LogP contribution in [0.4, 0.5) is 5.69 Å². The van der Waals surface area contributed by atoms with E-state index in [1.54, 1.807) is 6.07 Å². The van der Waals surface area contributed by atoms with E-state index in [1.165, 1.54) is 11.1 Å². The van der Waals surface area contributed by atoms with Gasteiger partial charge in [0, 0.05) is 67.1 Å². The number of carbonyl (C=O) groups is 1. The Morgan fingerprint density at radius 3 is 2.67 bits per heavy atom. The van der Waals surface area contributed by atoms with Gasteiger partial charge < -0.3 is 19.3 Å². The van der Waals surface area contributed by atoms with Crippen molar-refractivity contribution >= 4 is 34.2 Å². The number of anilines is 1. The number of allylic oxidation sites excluding steroid dienone is 1. The Labute approximate surface area is 311 Å². The van der Waals surface area contributed by atoms with Gasteiger partial charge in [0.2, 0.25) is 0 Å². The van der Waals surface area contributed by atoms with E-state index >= 15 is 0 Å². The molecule has 1 fully saturated rings. The first kappa shape index (κ1) is 37.5. The van der Waals surface area contributed by atoms with Crippen LogP contribution >= 0.6 is 11.6 Å². The van der Waals surface area contributed by atoms with Crippen LogP contribution in [-0.4, -0.2) is 66.2 Å². The SMILES string of the molecule is CCCc1cc(Cl)ccc1C1COc2ccc3cc2N(C1)CC1CCC1[C@](OC)(c1cncc(CN(C)C)c1)/C=C/CC(C)C(C)S(=O)NC3=O. The van der Waals surface area contributed by atoms with Crippen molar-refractivity contribution in [2.24, 2.45) is 17.8 Å². The highest BCUT2D eigenvalue weighted by molar-refractivity contribution is 7.84. The van der Waals surface area contributed by atoms with E-state index in [9.17, 15) is 9.00 Å². The van der Waals surface area contributed by atoms with Crippen LogP contribution in [0.5, 0.6) is 5.75 Å². The number of fused-ring (bicyclic) bond motifs is 2. The van der Waals surface area contributed by atoms with Crippen LogP contribution in [0, 0.1) is 17.8 Å². The van der Waals surface area contributed by atoms with Crippen molar-refractivity contribution in [3.05, 3.63) is 99.9 Å². The van der Waals surface area contributed by atoms with Crippen LogP contribution in [-0.2, 0) is 34.3 Å². The van der Waals surface area contributed by atoms with E-state index in [1.807, 2.05) is 44.6 Å². The quantitative estimate of drug-likeness (QED) is 0.250. The zero-order valence-corrected chi connectivity index (χ0v) is 32.4. The number of benzene rings is 2. The summed E-state index contributed by atoms with van der Waals surface area (Å²) in [6.45, 7) is 8.99. The van der Waals surface area contributed by atoms with Gasteiger partial charge in [-0.25, -0.2) is 4.21 Å². The fourth-order valence-corrected chi connectivity index (χ4v) is 9.33. The summed E-state index contributed by atoms with van der Waals surface area (Å²) in [4.78, 5) is 22.8. The summed E-state index contributed by atoms with van der Waals surface area (Å²) in [6.07, 6.45) is 13.0. The predicted molar refractivity (Wildman–Crippen MR) is 207 cm³/mol. The molecule has 1 aromatic heterocycles. The molecule has 1 saturated carbocycles. The summed E-state index contributed by atoms with van der Waals surface area (Å²) in [6, 6.07) is 14.1. The van der Waals surface area contributed by atoms with Crippen molar-refractivity contribution in [3.63, 3.8) is 0 Å². The number of carbonyl (C=O) groups excluding carboxylic acids is 1. The van der Waals surface area contributed by atoms with Crippen LogP contribution in [0.2, 0.25) is 5.02 Å². The zero-order valence-electron chi connectivity index (χ0n) is 30.9. The number of hydrogen-bond acceptors (Lipinski definition) is 7.